The molecule has 0 aromatic carbocycles. The van der Waals surface area contributed by atoms with Gasteiger partial charge >= 0.3 is 0 Å². The van der Waals surface area contributed by atoms with E-state index in [1.165, 1.54) is 94.0 Å². The number of aromatic nitrogens is 1. The van der Waals surface area contributed by atoms with Gasteiger partial charge in [0.2, 0.25) is 0 Å². The summed E-state index contributed by atoms with van der Waals surface area (Å²) >= 11 is 0. The zero-order chi connectivity index (χ0) is 13.3. The summed E-state index contributed by atoms with van der Waals surface area (Å²) in [6.45, 7) is 2.28. The second-order valence-corrected chi connectivity index (χ2v) is 5.99. The Hall–Kier alpha value is -0.850. The van der Waals surface area contributed by atoms with Crippen molar-refractivity contribution in [2.45, 2.75) is 84.0 Å². The van der Waals surface area contributed by atoms with Crippen LogP contribution in [-0.4, -0.2) is 4.98 Å². The van der Waals surface area contributed by atoms with Gasteiger partial charge in [0.1, 0.15) is 0 Å². The molecule has 1 heteroatoms. The molecule has 0 aliphatic heterocycles. The Morgan fingerprint density at radius 2 is 1.63 bits per heavy atom. The highest BCUT2D eigenvalue weighted by Crippen LogP contribution is 2.20. The maximum absolute atomic E-state index is 4.86. The Labute approximate surface area is 118 Å². The summed E-state index contributed by atoms with van der Waals surface area (Å²) < 4.78 is 0. The normalized spacial score (nSPS) is 14.4. The predicted molar refractivity (Wildman–Crippen MR) is 82.6 cm³/mol. The molecular formula is C18H29N. The summed E-state index contributed by atoms with van der Waals surface area (Å²) in [6, 6.07) is 4.60. The van der Waals surface area contributed by atoms with E-state index in [2.05, 4.69) is 19.1 Å². The molecular weight excluding hydrogens is 230 g/mol. The zero-order valence-corrected chi connectivity index (χ0v) is 12.6. The largest absolute Gasteiger partial charge is 0.258 e. The van der Waals surface area contributed by atoms with Gasteiger partial charge in [-0.2, -0.15) is 0 Å². The molecule has 0 atom stereocenters. The van der Waals surface area contributed by atoms with E-state index in [1.807, 2.05) is 0 Å². The first-order valence-corrected chi connectivity index (χ1v) is 8.38. The second kappa shape index (κ2) is 8.35. The van der Waals surface area contributed by atoms with Gasteiger partial charge in [0, 0.05) is 11.4 Å². The minimum Gasteiger partial charge on any atom is -0.258 e. The molecule has 2 rings (SSSR count). The van der Waals surface area contributed by atoms with Crippen LogP contribution in [0, 0.1) is 0 Å². The first kappa shape index (κ1) is 14.6. The zero-order valence-electron chi connectivity index (χ0n) is 12.6. The average molecular weight is 259 g/mol. The molecule has 0 spiro atoms. The van der Waals surface area contributed by atoms with Crippen molar-refractivity contribution in [2.24, 2.45) is 0 Å². The van der Waals surface area contributed by atoms with Crippen molar-refractivity contribution >= 4 is 0 Å². The molecule has 19 heavy (non-hydrogen) atoms. The molecule has 0 fully saturated rings. The highest BCUT2D eigenvalue weighted by Gasteiger charge is 2.10. The van der Waals surface area contributed by atoms with E-state index in [4.69, 9.17) is 4.98 Å². The molecule has 106 valence electrons. The van der Waals surface area contributed by atoms with Crippen LogP contribution >= 0.6 is 0 Å². The van der Waals surface area contributed by atoms with Gasteiger partial charge in [-0.15, -0.1) is 0 Å². The van der Waals surface area contributed by atoms with Crippen LogP contribution in [0.15, 0.2) is 12.1 Å². The Balaban J connectivity index is 1.66. The molecule has 1 aromatic rings. The minimum absolute atomic E-state index is 1.18. The number of aryl methyl sites for hydroxylation is 3. The Morgan fingerprint density at radius 3 is 2.47 bits per heavy atom. The van der Waals surface area contributed by atoms with Crippen molar-refractivity contribution in [3.63, 3.8) is 0 Å². The van der Waals surface area contributed by atoms with E-state index in [9.17, 15) is 0 Å². The third-order valence-electron chi connectivity index (χ3n) is 4.27. The Kier molecular flexibility index (Phi) is 6.39. The smallest absolute Gasteiger partial charge is 0.0438 e. The van der Waals surface area contributed by atoms with Crippen molar-refractivity contribution in [2.75, 3.05) is 0 Å². The summed E-state index contributed by atoms with van der Waals surface area (Å²) in [7, 11) is 0. The summed E-state index contributed by atoms with van der Waals surface area (Å²) in [4.78, 5) is 4.86. The van der Waals surface area contributed by atoms with Crippen LogP contribution in [0.25, 0.3) is 0 Å². The molecule has 1 aromatic heterocycles. The lowest BCUT2D eigenvalue weighted by Crippen LogP contribution is -2.06. The number of fused-ring (bicyclic) bond motifs is 1. The number of rotatable bonds is 8. The first-order valence-electron chi connectivity index (χ1n) is 8.38. The monoisotopic (exact) mass is 259 g/mol. The van der Waals surface area contributed by atoms with Crippen LogP contribution in [0.3, 0.4) is 0 Å². The van der Waals surface area contributed by atoms with Gasteiger partial charge in [-0.3, -0.25) is 4.98 Å². The van der Waals surface area contributed by atoms with Crippen LogP contribution in [0.5, 0.6) is 0 Å². The van der Waals surface area contributed by atoms with Crippen LogP contribution in [-0.2, 0) is 19.3 Å². The third kappa shape index (κ3) is 4.97. The lowest BCUT2D eigenvalue weighted by molar-refractivity contribution is 0.585. The second-order valence-electron chi connectivity index (χ2n) is 5.99. The first-order chi connectivity index (χ1) is 9.40. The number of hydrogen-bond acceptors (Lipinski definition) is 1. The highest BCUT2D eigenvalue weighted by atomic mass is 14.7. The quantitative estimate of drug-likeness (QED) is 0.581. The molecule has 1 aliphatic carbocycles. The topological polar surface area (TPSA) is 12.9 Å². The molecule has 0 amide bonds. The standard InChI is InChI=1S/C18H29N/c1-2-3-4-5-6-7-8-12-17-15-14-16-11-9-10-13-18(16)19-17/h14-15H,2-13H2,1H3. The molecule has 0 unspecified atom stereocenters. The number of hydrogen-bond donors (Lipinski definition) is 0. The lowest BCUT2D eigenvalue weighted by atomic mass is 9.95. The number of unbranched alkanes of at least 4 members (excludes halogenated alkanes) is 6. The van der Waals surface area contributed by atoms with Crippen molar-refractivity contribution in [3.8, 4) is 0 Å². The summed E-state index contributed by atoms with van der Waals surface area (Å²) in [5, 5.41) is 0. The van der Waals surface area contributed by atoms with Crippen LogP contribution in [0.1, 0.15) is 81.7 Å². The molecule has 0 radical (unpaired) electrons. The van der Waals surface area contributed by atoms with E-state index in [-0.39, 0.29) is 0 Å². The Bertz CT molecular complexity index is 370. The molecule has 1 nitrogen and oxygen atoms in total. The van der Waals surface area contributed by atoms with Crippen molar-refractivity contribution < 1.29 is 0 Å². The van der Waals surface area contributed by atoms with Crippen LogP contribution < -0.4 is 0 Å². The van der Waals surface area contributed by atoms with E-state index < -0.39 is 0 Å². The van der Waals surface area contributed by atoms with Gasteiger partial charge in [0.05, 0.1) is 0 Å². The SMILES string of the molecule is CCCCCCCCCc1ccc2c(n1)CCCC2. The van der Waals surface area contributed by atoms with Crippen LogP contribution in [0.4, 0.5) is 0 Å². The van der Waals surface area contributed by atoms with Crippen molar-refractivity contribution in [3.05, 3.63) is 29.1 Å². The van der Waals surface area contributed by atoms with Crippen LogP contribution in [0.2, 0.25) is 0 Å². The van der Waals surface area contributed by atoms with Gasteiger partial charge in [-0.25, -0.2) is 0 Å². The van der Waals surface area contributed by atoms with Gasteiger partial charge in [0.25, 0.3) is 0 Å². The molecule has 0 saturated carbocycles. The van der Waals surface area contributed by atoms with Crippen molar-refractivity contribution in [1.29, 1.82) is 0 Å². The van der Waals surface area contributed by atoms with E-state index in [0.29, 0.717) is 0 Å². The van der Waals surface area contributed by atoms with Gasteiger partial charge in [0.15, 0.2) is 0 Å². The van der Waals surface area contributed by atoms with E-state index in [0.717, 1.165) is 0 Å². The predicted octanol–water partition coefficient (Wildman–Crippen LogP) is 5.25. The van der Waals surface area contributed by atoms with Gasteiger partial charge in [-0.1, -0.05) is 51.5 Å². The number of nitrogens with zero attached hydrogens (tertiary/aromatic N) is 1. The maximum Gasteiger partial charge on any atom is 0.0438 e. The fraction of sp³-hybridized carbons (Fsp3) is 0.722. The van der Waals surface area contributed by atoms with Gasteiger partial charge in [-0.05, 0) is 50.2 Å². The van der Waals surface area contributed by atoms with Crippen molar-refractivity contribution in [1.82, 2.24) is 4.98 Å². The fourth-order valence-electron chi connectivity index (χ4n) is 3.03. The average Bonchev–Trinajstić information content (AvgIpc) is 2.46. The summed E-state index contributed by atoms with van der Waals surface area (Å²) in [6.07, 6.45) is 16.0. The summed E-state index contributed by atoms with van der Waals surface area (Å²) in [5.41, 5.74) is 4.23. The van der Waals surface area contributed by atoms with Gasteiger partial charge < -0.3 is 0 Å². The molecule has 1 aliphatic rings. The number of pyridine rings is 1. The third-order valence-corrected chi connectivity index (χ3v) is 4.27. The minimum atomic E-state index is 1.18. The molecule has 0 bridgehead atoms. The fourth-order valence-corrected chi connectivity index (χ4v) is 3.03. The van der Waals surface area contributed by atoms with E-state index >= 15 is 0 Å². The lowest BCUT2D eigenvalue weighted by Gasteiger charge is -2.15. The highest BCUT2D eigenvalue weighted by molar-refractivity contribution is 5.25. The Morgan fingerprint density at radius 1 is 0.895 bits per heavy atom. The maximum atomic E-state index is 4.86. The molecule has 1 heterocycles. The molecule has 0 saturated heterocycles. The summed E-state index contributed by atoms with van der Waals surface area (Å²) in [5.74, 6) is 0. The molecule has 0 N–H and O–H groups in total. The van der Waals surface area contributed by atoms with E-state index in [1.54, 1.807) is 0 Å².